The lowest BCUT2D eigenvalue weighted by atomic mass is 9.45. The van der Waals surface area contributed by atoms with Gasteiger partial charge in [-0.15, -0.1) is 0 Å². The minimum Gasteiger partial charge on any atom is -0.392 e. The maximum atomic E-state index is 16.6. The molecule has 0 amide bonds. The van der Waals surface area contributed by atoms with Crippen LogP contribution >= 0.6 is 0 Å². The van der Waals surface area contributed by atoms with E-state index in [2.05, 4.69) is 0 Å². The fourth-order valence-electron chi connectivity index (χ4n) is 6.66. The minimum absolute atomic E-state index is 0.0228. The molecule has 0 bridgehead atoms. The summed E-state index contributed by atoms with van der Waals surface area (Å²) in [7, 11) is 0. The first-order chi connectivity index (χ1) is 11.7. The number of rotatable bonds is 1. The molecule has 7 atom stereocenters. The smallest absolute Gasteiger partial charge is 0.184 e. The van der Waals surface area contributed by atoms with E-state index in [-0.39, 0.29) is 35.7 Å². The van der Waals surface area contributed by atoms with Gasteiger partial charge >= 0.3 is 0 Å². The van der Waals surface area contributed by atoms with Crippen LogP contribution in [0, 0.1) is 28.6 Å². The third-order valence-corrected chi connectivity index (χ3v) is 8.09. The van der Waals surface area contributed by atoms with Crippen molar-refractivity contribution in [1.82, 2.24) is 0 Å². The maximum absolute atomic E-state index is 16.6. The highest BCUT2D eigenvalue weighted by molar-refractivity contribution is 6.02. The first kappa shape index (κ1) is 17.1. The number of allylic oxidation sites excluding steroid dienone is 4. The van der Waals surface area contributed by atoms with Crippen molar-refractivity contribution in [2.45, 2.75) is 64.6 Å². The SMILES string of the molecule is CC[C@]12CC(=O)[C@@]3(F)[C@@H](CCC4=CC(=O)C=C[C@@]43C)[C@@H]1C[C@@H](C)[C@H]2O. The number of hydrogen-bond acceptors (Lipinski definition) is 3. The summed E-state index contributed by atoms with van der Waals surface area (Å²) in [6.45, 7) is 5.81. The standard InChI is InChI=1S/C21H27FO3/c1-4-20-11-17(24)21(22)15(16(20)9-12(2)18(20)25)6-5-13-10-14(23)7-8-19(13,21)3/h7-8,10,12,15-16,18,25H,4-6,9,11H2,1-3H3/t12-,15+,16+,18-,19+,20+,21+/m1/s1. The number of aliphatic hydroxyl groups is 1. The summed E-state index contributed by atoms with van der Waals surface area (Å²) in [5.41, 5.74) is -2.73. The summed E-state index contributed by atoms with van der Waals surface area (Å²) in [5.74, 6) is -0.766. The third-order valence-electron chi connectivity index (χ3n) is 8.09. The second kappa shape index (κ2) is 5.12. The van der Waals surface area contributed by atoms with Gasteiger partial charge in [0.05, 0.1) is 6.10 Å². The first-order valence-corrected chi connectivity index (χ1v) is 9.55. The molecule has 3 fully saturated rings. The summed E-state index contributed by atoms with van der Waals surface area (Å²) in [5, 5.41) is 10.8. The zero-order valence-electron chi connectivity index (χ0n) is 15.2. The molecule has 25 heavy (non-hydrogen) atoms. The van der Waals surface area contributed by atoms with Crippen molar-refractivity contribution in [3.63, 3.8) is 0 Å². The second-order valence-corrected chi connectivity index (χ2v) is 8.92. The molecule has 0 spiro atoms. The number of halogens is 1. The Morgan fingerprint density at radius 1 is 1.32 bits per heavy atom. The van der Waals surface area contributed by atoms with E-state index in [0.717, 1.165) is 12.0 Å². The Balaban J connectivity index is 1.85. The lowest BCUT2D eigenvalue weighted by molar-refractivity contribution is -0.172. The predicted octanol–water partition coefficient (Wildman–Crippen LogP) is 3.56. The van der Waals surface area contributed by atoms with Gasteiger partial charge in [-0.25, -0.2) is 4.39 Å². The molecular formula is C21H27FO3. The van der Waals surface area contributed by atoms with Crippen molar-refractivity contribution in [1.29, 1.82) is 0 Å². The van der Waals surface area contributed by atoms with Crippen LogP contribution in [0.15, 0.2) is 23.8 Å². The summed E-state index contributed by atoms with van der Waals surface area (Å²) < 4.78 is 16.6. The van der Waals surface area contributed by atoms with Crippen LogP contribution < -0.4 is 0 Å². The van der Waals surface area contributed by atoms with Crippen molar-refractivity contribution >= 4 is 11.6 Å². The van der Waals surface area contributed by atoms with Crippen molar-refractivity contribution in [2.24, 2.45) is 28.6 Å². The minimum atomic E-state index is -1.97. The predicted molar refractivity (Wildman–Crippen MR) is 92.5 cm³/mol. The molecular weight excluding hydrogens is 319 g/mol. The Kier molecular flexibility index (Phi) is 3.51. The Bertz CT molecular complexity index is 710. The summed E-state index contributed by atoms with van der Waals surface area (Å²) in [4.78, 5) is 25.0. The van der Waals surface area contributed by atoms with Crippen LogP contribution in [0.5, 0.6) is 0 Å². The van der Waals surface area contributed by atoms with Crippen molar-refractivity contribution < 1.29 is 19.1 Å². The van der Waals surface area contributed by atoms with E-state index in [1.807, 2.05) is 13.8 Å². The number of Topliss-reactive ketones (excluding diaryl/α,β-unsaturated/α-hetero) is 1. The van der Waals surface area contributed by atoms with Gasteiger partial charge in [0.1, 0.15) is 0 Å². The molecule has 0 saturated heterocycles. The van der Waals surface area contributed by atoms with Crippen molar-refractivity contribution in [3.8, 4) is 0 Å². The van der Waals surface area contributed by atoms with Gasteiger partial charge in [-0.05, 0) is 56.6 Å². The van der Waals surface area contributed by atoms with E-state index in [1.165, 1.54) is 12.2 Å². The fraction of sp³-hybridized carbons (Fsp3) is 0.714. The van der Waals surface area contributed by atoms with Gasteiger partial charge in [0.15, 0.2) is 17.2 Å². The van der Waals surface area contributed by atoms with E-state index >= 15 is 4.39 Å². The van der Waals surface area contributed by atoms with Gasteiger partial charge in [-0.3, -0.25) is 9.59 Å². The number of fused-ring (bicyclic) bond motifs is 5. The molecule has 0 unspecified atom stereocenters. The monoisotopic (exact) mass is 346 g/mol. The Labute approximate surface area is 148 Å². The maximum Gasteiger partial charge on any atom is 0.184 e. The Hall–Kier alpha value is -1.29. The zero-order chi connectivity index (χ0) is 18.2. The number of ketones is 2. The van der Waals surface area contributed by atoms with Crippen LogP contribution in [-0.2, 0) is 9.59 Å². The average molecular weight is 346 g/mol. The van der Waals surface area contributed by atoms with Crippen LogP contribution in [0.4, 0.5) is 4.39 Å². The second-order valence-electron chi connectivity index (χ2n) is 8.92. The van der Waals surface area contributed by atoms with Crippen LogP contribution in [0.1, 0.15) is 52.9 Å². The normalized spacial score (nSPS) is 51.6. The largest absolute Gasteiger partial charge is 0.392 e. The number of carbonyl (C=O) groups is 2. The van der Waals surface area contributed by atoms with Gasteiger partial charge < -0.3 is 5.11 Å². The number of hydrogen-bond donors (Lipinski definition) is 1. The summed E-state index contributed by atoms with van der Waals surface area (Å²) in [6, 6.07) is 0. The van der Waals surface area contributed by atoms with E-state index in [4.69, 9.17) is 0 Å². The number of carbonyl (C=O) groups excluding carboxylic acids is 2. The Morgan fingerprint density at radius 3 is 2.72 bits per heavy atom. The highest BCUT2D eigenvalue weighted by Gasteiger charge is 2.71. The molecule has 0 aromatic rings. The van der Waals surface area contributed by atoms with Gasteiger partial charge in [0.2, 0.25) is 0 Å². The van der Waals surface area contributed by atoms with E-state index in [0.29, 0.717) is 19.3 Å². The van der Waals surface area contributed by atoms with Crippen molar-refractivity contribution in [3.05, 3.63) is 23.8 Å². The highest BCUT2D eigenvalue weighted by atomic mass is 19.1. The van der Waals surface area contributed by atoms with E-state index in [1.54, 1.807) is 13.0 Å². The third kappa shape index (κ3) is 1.84. The van der Waals surface area contributed by atoms with Crippen LogP contribution in [0.25, 0.3) is 0 Å². The van der Waals surface area contributed by atoms with Gasteiger partial charge in [0, 0.05) is 23.2 Å². The summed E-state index contributed by atoms with van der Waals surface area (Å²) in [6.07, 6.45) is 6.84. The molecule has 136 valence electrons. The van der Waals surface area contributed by atoms with Crippen LogP contribution in [0.3, 0.4) is 0 Å². The molecule has 1 N–H and O–H groups in total. The van der Waals surface area contributed by atoms with Crippen molar-refractivity contribution in [2.75, 3.05) is 0 Å². The number of alkyl halides is 1. The summed E-state index contributed by atoms with van der Waals surface area (Å²) >= 11 is 0. The van der Waals surface area contributed by atoms with E-state index in [9.17, 15) is 14.7 Å². The molecule has 4 aliphatic carbocycles. The molecule has 0 heterocycles. The average Bonchev–Trinajstić information content (AvgIpc) is 2.82. The molecule has 3 saturated carbocycles. The molecule has 3 nitrogen and oxygen atoms in total. The lowest BCUT2D eigenvalue weighted by Crippen LogP contribution is -2.65. The molecule has 4 rings (SSSR count). The molecule has 4 heteroatoms. The lowest BCUT2D eigenvalue weighted by Gasteiger charge is -2.59. The molecule has 0 aliphatic heterocycles. The van der Waals surface area contributed by atoms with Crippen LogP contribution in [-0.4, -0.2) is 28.4 Å². The van der Waals surface area contributed by atoms with Crippen LogP contribution in [0.2, 0.25) is 0 Å². The molecule has 4 aliphatic rings. The topological polar surface area (TPSA) is 54.4 Å². The first-order valence-electron chi connectivity index (χ1n) is 9.55. The van der Waals surface area contributed by atoms with Gasteiger partial charge in [-0.2, -0.15) is 0 Å². The molecule has 0 aromatic heterocycles. The van der Waals surface area contributed by atoms with E-state index < -0.39 is 22.6 Å². The fourth-order valence-corrected chi connectivity index (χ4v) is 6.66. The molecule has 0 aromatic carbocycles. The number of aliphatic hydroxyl groups excluding tert-OH is 1. The quantitative estimate of drug-likeness (QED) is 0.790. The highest BCUT2D eigenvalue weighted by Crippen LogP contribution is 2.68. The van der Waals surface area contributed by atoms with Gasteiger partial charge in [0.25, 0.3) is 0 Å². The zero-order valence-corrected chi connectivity index (χ0v) is 15.2. The Morgan fingerprint density at radius 2 is 2.04 bits per heavy atom. The van der Waals surface area contributed by atoms with Gasteiger partial charge in [-0.1, -0.05) is 25.5 Å². The molecule has 0 radical (unpaired) electrons.